The van der Waals surface area contributed by atoms with Crippen molar-refractivity contribution >= 4 is 11.6 Å². The molecule has 0 saturated carbocycles. The Morgan fingerprint density at radius 3 is 2.35 bits per heavy atom. The number of carbonyl (C=O) groups is 1. The lowest BCUT2D eigenvalue weighted by atomic mass is 9.85. The molecule has 2 aromatic rings. The molecule has 0 heterocycles. The van der Waals surface area contributed by atoms with Crippen LogP contribution in [-0.4, -0.2) is 12.5 Å². The van der Waals surface area contributed by atoms with E-state index in [0.717, 1.165) is 17.7 Å². The molecule has 0 unspecified atom stereocenters. The summed E-state index contributed by atoms with van der Waals surface area (Å²) in [4.78, 5) is 12.9. The second-order valence-electron chi connectivity index (χ2n) is 5.69. The van der Waals surface area contributed by atoms with Gasteiger partial charge in [0, 0.05) is 0 Å². The van der Waals surface area contributed by atoms with Crippen LogP contribution in [0.3, 0.4) is 0 Å². The number of carbonyl (C=O) groups excluding carboxylic acids is 1. The van der Waals surface area contributed by atoms with Crippen LogP contribution in [0.15, 0.2) is 54.6 Å². The Morgan fingerprint density at radius 2 is 1.70 bits per heavy atom. The average Bonchev–Trinajstić information content (AvgIpc) is 2.58. The minimum Gasteiger partial charge on any atom is -0.492 e. The molecule has 2 atom stereocenters. The molecular formula is C20H25NO2. The molecule has 0 aromatic heterocycles. The van der Waals surface area contributed by atoms with Gasteiger partial charge in [0.15, 0.2) is 0 Å². The van der Waals surface area contributed by atoms with E-state index in [1.54, 1.807) is 0 Å². The topological polar surface area (TPSA) is 38.3 Å². The number of hydrogen-bond acceptors (Lipinski definition) is 2. The first kappa shape index (κ1) is 17.1. The average molecular weight is 311 g/mol. The monoisotopic (exact) mass is 311 g/mol. The third-order valence-corrected chi connectivity index (χ3v) is 4.10. The molecule has 0 aliphatic rings. The standard InChI is InChI=1S/C20H25NO2/c1-4-15(3)19(16-11-7-6-8-12-16)20(22)21-17-13-9-10-14-18(17)23-5-2/h6-15,19H,4-5H2,1-3H3,(H,21,22)/t15-,19-/m1/s1. The van der Waals surface area contributed by atoms with E-state index < -0.39 is 0 Å². The van der Waals surface area contributed by atoms with Crippen molar-refractivity contribution in [2.24, 2.45) is 5.92 Å². The summed E-state index contributed by atoms with van der Waals surface area (Å²) in [5.41, 5.74) is 1.77. The zero-order valence-electron chi connectivity index (χ0n) is 14.1. The second kappa shape index (κ2) is 8.37. The molecule has 0 radical (unpaired) electrons. The summed E-state index contributed by atoms with van der Waals surface area (Å²) in [6.45, 7) is 6.73. The summed E-state index contributed by atoms with van der Waals surface area (Å²) in [6.07, 6.45) is 0.945. The van der Waals surface area contributed by atoms with E-state index in [2.05, 4.69) is 19.2 Å². The van der Waals surface area contributed by atoms with Crippen LogP contribution in [0.4, 0.5) is 5.69 Å². The van der Waals surface area contributed by atoms with E-state index in [1.165, 1.54) is 0 Å². The van der Waals surface area contributed by atoms with Crippen molar-refractivity contribution in [3.05, 3.63) is 60.2 Å². The lowest BCUT2D eigenvalue weighted by Gasteiger charge is -2.23. The van der Waals surface area contributed by atoms with Crippen molar-refractivity contribution < 1.29 is 9.53 Å². The van der Waals surface area contributed by atoms with Crippen LogP contribution in [0.5, 0.6) is 5.75 Å². The highest BCUT2D eigenvalue weighted by atomic mass is 16.5. The zero-order valence-corrected chi connectivity index (χ0v) is 14.1. The van der Waals surface area contributed by atoms with Gasteiger partial charge in [-0.3, -0.25) is 4.79 Å². The summed E-state index contributed by atoms with van der Waals surface area (Å²) < 4.78 is 5.60. The van der Waals surface area contributed by atoms with Gasteiger partial charge < -0.3 is 10.1 Å². The summed E-state index contributed by atoms with van der Waals surface area (Å²) in [5.74, 6) is 0.810. The molecular weight excluding hydrogens is 286 g/mol. The van der Waals surface area contributed by atoms with Crippen LogP contribution in [0.1, 0.15) is 38.7 Å². The molecule has 1 amide bonds. The fourth-order valence-electron chi connectivity index (χ4n) is 2.70. The van der Waals surface area contributed by atoms with E-state index in [4.69, 9.17) is 4.74 Å². The zero-order chi connectivity index (χ0) is 16.7. The van der Waals surface area contributed by atoms with Crippen LogP contribution >= 0.6 is 0 Å². The van der Waals surface area contributed by atoms with Gasteiger partial charge in [-0.25, -0.2) is 0 Å². The maximum Gasteiger partial charge on any atom is 0.232 e. The molecule has 2 aromatic carbocycles. The van der Waals surface area contributed by atoms with Crippen molar-refractivity contribution in [1.29, 1.82) is 0 Å². The maximum absolute atomic E-state index is 12.9. The maximum atomic E-state index is 12.9. The van der Waals surface area contributed by atoms with Crippen LogP contribution in [0.2, 0.25) is 0 Å². The highest BCUT2D eigenvalue weighted by Gasteiger charge is 2.26. The molecule has 0 aliphatic heterocycles. The number of amides is 1. The minimum absolute atomic E-state index is 0.0118. The van der Waals surface area contributed by atoms with Crippen LogP contribution in [0, 0.1) is 5.92 Å². The number of anilines is 1. The van der Waals surface area contributed by atoms with Crippen LogP contribution in [-0.2, 0) is 4.79 Å². The summed E-state index contributed by atoms with van der Waals surface area (Å²) in [7, 11) is 0. The largest absolute Gasteiger partial charge is 0.492 e. The Hall–Kier alpha value is -2.29. The fraction of sp³-hybridized carbons (Fsp3) is 0.350. The third-order valence-electron chi connectivity index (χ3n) is 4.10. The third kappa shape index (κ3) is 4.35. The van der Waals surface area contributed by atoms with Crippen molar-refractivity contribution in [2.45, 2.75) is 33.1 Å². The Kier molecular flexibility index (Phi) is 6.21. The van der Waals surface area contributed by atoms with Gasteiger partial charge in [-0.1, -0.05) is 62.7 Å². The van der Waals surface area contributed by atoms with Gasteiger partial charge in [-0.05, 0) is 30.5 Å². The van der Waals surface area contributed by atoms with Gasteiger partial charge in [-0.2, -0.15) is 0 Å². The number of ether oxygens (including phenoxy) is 1. The molecule has 3 nitrogen and oxygen atoms in total. The molecule has 0 fully saturated rings. The summed E-state index contributed by atoms with van der Waals surface area (Å²) >= 11 is 0. The van der Waals surface area contributed by atoms with E-state index in [1.807, 2.05) is 61.5 Å². The lowest BCUT2D eigenvalue weighted by Crippen LogP contribution is -2.26. The first-order valence-electron chi connectivity index (χ1n) is 8.25. The van der Waals surface area contributed by atoms with E-state index in [-0.39, 0.29) is 17.7 Å². The van der Waals surface area contributed by atoms with E-state index >= 15 is 0 Å². The number of nitrogens with one attached hydrogen (secondary N) is 1. The summed E-state index contributed by atoms with van der Waals surface area (Å²) in [5, 5.41) is 3.05. The predicted octanol–water partition coefficient (Wildman–Crippen LogP) is 4.85. The molecule has 122 valence electrons. The van der Waals surface area contributed by atoms with Gasteiger partial charge in [0.05, 0.1) is 18.2 Å². The molecule has 1 N–H and O–H groups in total. The predicted molar refractivity (Wildman–Crippen MR) is 94.9 cm³/mol. The van der Waals surface area contributed by atoms with Gasteiger partial charge in [0.2, 0.25) is 5.91 Å². The van der Waals surface area contributed by atoms with Crippen molar-refractivity contribution in [2.75, 3.05) is 11.9 Å². The van der Waals surface area contributed by atoms with Gasteiger partial charge in [0.25, 0.3) is 0 Å². The molecule has 0 aliphatic carbocycles. The Labute approximate surface area is 138 Å². The van der Waals surface area contributed by atoms with Gasteiger partial charge in [0.1, 0.15) is 5.75 Å². The van der Waals surface area contributed by atoms with E-state index in [0.29, 0.717) is 12.4 Å². The number of benzene rings is 2. The SMILES string of the molecule is CCOc1ccccc1NC(=O)[C@@H](c1ccccc1)[C@H](C)CC. The first-order valence-corrected chi connectivity index (χ1v) is 8.25. The minimum atomic E-state index is -0.170. The lowest BCUT2D eigenvalue weighted by molar-refractivity contribution is -0.118. The highest BCUT2D eigenvalue weighted by Crippen LogP contribution is 2.30. The van der Waals surface area contributed by atoms with Crippen molar-refractivity contribution in [3.63, 3.8) is 0 Å². The highest BCUT2D eigenvalue weighted by molar-refractivity contribution is 5.97. The number of rotatable bonds is 7. The van der Waals surface area contributed by atoms with Gasteiger partial charge >= 0.3 is 0 Å². The number of para-hydroxylation sites is 2. The summed E-state index contributed by atoms with van der Waals surface area (Å²) in [6, 6.07) is 17.5. The quantitative estimate of drug-likeness (QED) is 0.793. The Bertz CT molecular complexity index is 625. The smallest absolute Gasteiger partial charge is 0.232 e. The molecule has 23 heavy (non-hydrogen) atoms. The Balaban J connectivity index is 2.25. The van der Waals surface area contributed by atoms with Crippen LogP contribution in [0.25, 0.3) is 0 Å². The normalized spacial score (nSPS) is 13.2. The fourth-order valence-corrected chi connectivity index (χ4v) is 2.70. The van der Waals surface area contributed by atoms with E-state index in [9.17, 15) is 4.79 Å². The number of hydrogen-bond donors (Lipinski definition) is 1. The first-order chi connectivity index (χ1) is 11.2. The molecule has 2 rings (SSSR count). The molecule has 3 heteroatoms. The molecule has 0 spiro atoms. The Morgan fingerprint density at radius 1 is 1.04 bits per heavy atom. The molecule has 0 saturated heterocycles. The second-order valence-corrected chi connectivity index (χ2v) is 5.69. The van der Waals surface area contributed by atoms with Crippen molar-refractivity contribution in [1.82, 2.24) is 0 Å². The van der Waals surface area contributed by atoms with Gasteiger partial charge in [-0.15, -0.1) is 0 Å². The molecule has 0 bridgehead atoms. The van der Waals surface area contributed by atoms with Crippen molar-refractivity contribution in [3.8, 4) is 5.75 Å². The van der Waals surface area contributed by atoms with Crippen LogP contribution < -0.4 is 10.1 Å².